The Bertz CT molecular complexity index is 328. The van der Waals surface area contributed by atoms with E-state index in [1.165, 1.54) is 6.92 Å². The van der Waals surface area contributed by atoms with Crippen molar-refractivity contribution in [3.05, 3.63) is 34.5 Å². The summed E-state index contributed by atoms with van der Waals surface area (Å²) in [7, 11) is 1.16. The molecule has 4 nitrogen and oxygen atoms in total. The number of carbonyl (C=O) groups is 1. The maximum absolute atomic E-state index is 12.6. The maximum atomic E-state index is 12.6. The number of halogens is 1. The molecular formula is C8H8FNO3. The van der Waals surface area contributed by atoms with Crippen molar-refractivity contribution in [2.24, 2.45) is 0 Å². The van der Waals surface area contributed by atoms with Gasteiger partial charge in [-0.25, -0.2) is 9.18 Å². The Balaban J connectivity index is 3.28. The van der Waals surface area contributed by atoms with Crippen molar-refractivity contribution in [2.75, 3.05) is 7.11 Å². The zero-order valence-electron chi connectivity index (χ0n) is 7.20. The summed E-state index contributed by atoms with van der Waals surface area (Å²) in [6.45, 7) is 1.46. The van der Waals surface area contributed by atoms with E-state index in [1.54, 1.807) is 0 Å². The third-order valence-electron chi connectivity index (χ3n) is 1.57. The standard InChI is InChI=1S/C8H8FNO3/c1-5-3-6(9)4-10(12)7(5)8(11)13-2/h3-4H,1-2H3. The summed E-state index contributed by atoms with van der Waals surface area (Å²) >= 11 is 0. The topological polar surface area (TPSA) is 53.2 Å². The second kappa shape index (κ2) is 3.38. The van der Waals surface area contributed by atoms with Gasteiger partial charge in [0.25, 0.3) is 0 Å². The lowest BCUT2D eigenvalue weighted by Crippen LogP contribution is -2.36. The SMILES string of the molecule is COC(=O)c1c(C)cc(F)c[n+]1[O-]. The van der Waals surface area contributed by atoms with Gasteiger partial charge >= 0.3 is 11.7 Å². The first-order valence-electron chi connectivity index (χ1n) is 3.54. The highest BCUT2D eigenvalue weighted by molar-refractivity contribution is 5.87. The van der Waals surface area contributed by atoms with Gasteiger partial charge in [-0.2, -0.15) is 4.73 Å². The van der Waals surface area contributed by atoms with E-state index in [0.717, 1.165) is 13.2 Å². The average Bonchev–Trinajstić information content (AvgIpc) is 2.02. The van der Waals surface area contributed by atoms with E-state index in [-0.39, 0.29) is 16.0 Å². The van der Waals surface area contributed by atoms with Crippen LogP contribution in [0.25, 0.3) is 0 Å². The Morgan fingerprint density at radius 3 is 2.77 bits per heavy atom. The fourth-order valence-electron chi connectivity index (χ4n) is 1.01. The largest absolute Gasteiger partial charge is 0.618 e. The van der Waals surface area contributed by atoms with Crippen LogP contribution < -0.4 is 4.73 Å². The Hall–Kier alpha value is -1.65. The van der Waals surface area contributed by atoms with Crippen LogP contribution in [0.3, 0.4) is 0 Å². The Kier molecular flexibility index (Phi) is 2.46. The van der Waals surface area contributed by atoms with Gasteiger partial charge in [0.05, 0.1) is 7.11 Å². The number of rotatable bonds is 1. The fourth-order valence-corrected chi connectivity index (χ4v) is 1.01. The monoisotopic (exact) mass is 185 g/mol. The molecule has 0 fully saturated rings. The number of methoxy groups -OCH3 is 1. The zero-order chi connectivity index (χ0) is 10.0. The number of aryl methyl sites for hydroxylation is 1. The Labute approximate surface area is 74.1 Å². The quantitative estimate of drug-likeness (QED) is 0.365. The molecule has 0 amide bonds. The molecule has 0 atom stereocenters. The summed E-state index contributed by atoms with van der Waals surface area (Å²) < 4.78 is 17.1. The van der Waals surface area contributed by atoms with Crippen molar-refractivity contribution < 1.29 is 18.7 Å². The number of hydrogen-bond donors (Lipinski definition) is 0. The normalized spacial score (nSPS) is 9.77. The Morgan fingerprint density at radius 1 is 1.69 bits per heavy atom. The number of pyridine rings is 1. The van der Waals surface area contributed by atoms with Gasteiger partial charge in [0.2, 0.25) is 6.20 Å². The minimum Gasteiger partial charge on any atom is -0.618 e. The van der Waals surface area contributed by atoms with Crippen LogP contribution in [0.1, 0.15) is 16.1 Å². The van der Waals surface area contributed by atoms with E-state index in [1.807, 2.05) is 0 Å². The van der Waals surface area contributed by atoms with E-state index in [2.05, 4.69) is 4.74 Å². The second-order valence-electron chi connectivity index (χ2n) is 2.51. The molecule has 0 aliphatic heterocycles. The van der Waals surface area contributed by atoms with Crippen LogP contribution in [0, 0.1) is 17.9 Å². The third-order valence-corrected chi connectivity index (χ3v) is 1.57. The molecule has 0 spiro atoms. The van der Waals surface area contributed by atoms with Gasteiger partial charge in [-0.3, -0.25) is 0 Å². The lowest BCUT2D eigenvalue weighted by Gasteiger charge is -2.04. The summed E-state index contributed by atoms with van der Waals surface area (Å²) in [5, 5.41) is 11.0. The highest BCUT2D eigenvalue weighted by Gasteiger charge is 2.20. The van der Waals surface area contributed by atoms with Gasteiger partial charge in [-0.1, -0.05) is 0 Å². The number of ether oxygens (including phenoxy) is 1. The third kappa shape index (κ3) is 1.74. The molecule has 0 saturated heterocycles. The van der Waals surface area contributed by atoms with E-state index in [4.69, 9.17) is 0 Å². The van der Waals surface area contributed by atoms with Crippen molar-refractivity contribution in [3.8, 4) is 0 Å². The molecule has 0 aliphatic carbocycles. The first-order chi connectivity index (χ1) is 6.06. The predicted molar refractivity (Wildman–Crippen MR) is 41.4 cm³/mol. The molecule has 1 aromatic rings. The van der Waals surface area contributed by atoms with Crippen LogP contribution in [0.2, 0.25) is 0 Å². The smallest absolute Gasteiger partial charge is 0.405 e. The minimum atomic E-state index is -0.771. The molecule has 1 rings (SSSR count). The van der Waals surface area contributed by atoms with Crippen LogP contribution >= 0.6 is 0 Å². The summed E-state index contributed by atoms with van der Waals surface area (Å²) in [4.78, 5) is 11.0. The van der Waals surface area contributed by atoms with Crippen molar-refractivity contribution in [1.29, 1.82) is 0 Å². The molecule has 70 valence electrons. The minimum absolute atomic E-state index is 0.163. The van der Waals surface area contributed by atoms with Crippen LogP contribution in [0.15, 0.2) is 12.3 Å². The molecule has 0 N–H and O–H groups in total. The molecule has 0 aromatic carbocycles. The summed E-state index contributed by atoms with van der Waals surface area (Å²) in [6, 6.07) is 1.10. The number of hydrogen-bond acceptors (Lipinski definition) is 3. The number of carbonyl (C=O) groups excluding carboxylic acids is 1. The van der Waals surface area contributed by atoms with Crippen molar-refractivity contribution >= 4 is 5.97 Å². The van der Waals surface area contributed by atoms with Gasteiger partial charge in [-0.05, 0) is 13.0 Å². The van der Waals surface area contributed by atoms with Crippen LogP contribution in [0.4, 0.5) is 4.39 Å². The summed E-state index contributed by atoms with van der Waals surface area (Å²) in [5.74, 6) is -1.45. The first-order valence-corrected chi connectivity index (χ1v) is 3.54. The molecule has 1 heterocycles. The van der Waals surface area contributed by atoms with Gasteiger partial charge in [0, 0.05) is 5.56 Å². The molecule has 0 unspecified atom stereocenters. The molecule has 13 heavy (non-hydrogen) atoms. The fraction of sp³-hybridized carbons (Fsp3) is 0.250. The average molecular weight is 185 g/mol. The highest BCUT2D eigenvalue weighted by atomic mass is 19.1. The van der Waals surface area contributed by atoms with Crippen molar-refractivity contribution in [1.82, 2.24) is 0 Å². The molecule has 0 aliphatic rings. The van der Waals surface area contributed by atoms with Crippen LogP contribution in [-0.2, 0) is 4.74 Å². The lowest BCUT2D eigenvalue weighted by molar-refractivity contribution is -0.610. The maximum Gasteiger partial charge on any atom is 0.405 e. The number of aromatic nitrogens is 1. The van der Waals surface area contributed by atoms with Crippen LogP contribution in [-0.4, -0.2) is 13.1 Å². The van der Waals surface area contributed by atoms with E-state index in [9.17, 15) is 14.4 Å². The molecule has 5 heteroatoms. The number of esters is 1. The second-order valence-corrected chi connectivity index (χ2v) is 2.51. The summed E-state index contributed by atoms with van der Waals surface area (Å²) in [5.41, 5.74) is 0.0609. The molecular weight excluding hydrogens is 177 g/mol. The van der Waals surface area contributed by atoms with Crippen molar-refractivity contribution in [2.45, 2.75) is 6.92 Å². The van der Waals surface area contributed by atoms with Gasteiger partial charge in [0.15, 0.2) is 5.82 Å². The summed E-state index contributed by atoms with van der Waals surface area (Å²) in [6.07, 6.45) is 0.680. The highest BCUT2D eigenvalue weighted by Crippen LogP contribution is 2.05. The van der Waals surface area contributed by atoms with E-state index >= 15 is 0 Å². The molecule has 0 bridgehead atoms. The molecule has 0 radical (unpaired) electrons. The lowest BCUT2D eigenvalue weighted by atomic mass is 10.2. The Morgan fingerprint density at radius 2 is 2.31 bits per heavy atom. The van der Waals surface area contributed by atoms with Gasteiger partial charge in [0.1, 0.15) is 0 Å². The number of nitrogens with zero attached hydrogens (tertiary/aromatic N) is 1. The molecule has 1 aromatic heterocycles. The van der Waals surface area contributed by atoms with Crippen LogP contribution in [0.5, 0.6) is 0 Å². The van der Waals surface area contributed by atoms with E-state index in [0.29, 0.717) is 6.20 Å². The van der Waals surface area contributed by atoms with E-state index < -0.39 is 11.8 Å². The van der Waals surface area contributed by atoms with Gasteiger partial charge in [-0.15, -0.1) is 0 Å². The first kappa shape index (κ1) is 9.44. The predicted octanol–water partition coefficient (Wildman–Crippen LogP) is 0.554. The van der Waals surface area contributed by atoms with Gasteiger partial charge < -0.3 is 9.94 Å². The zero-order valence-corrected chi connectivity index (χ0v) is 7.20. The van der Waals surface area contributed by atoms with Crippen molar-refractivity contribution in [3.63, 3.8) is 0 Å². The molecule has 0 saturated carbocycles.